The van der Waals surface area contributed by atoms with Crippen molar-refractivity contribution in [2.45, 2.75) is 29.5 Å². The van der Waals surface area contributed by atoms with Crippen LogP contribution in [0.3, 0.4) is 0 Å². The molecule has 0 radical (unpaired) electrons. The van der Waals surface area contributed by atoms with Crippen molar-refractivity contribution in [1.82, 2.24) is 9.97 Å². The third-order valence-electron chi connectivity index (χ3n) is 4.97. The summed E-state index contributed by atoms with van der Waals surface area (Å²) in [5, 5.41) is 7.11. The van der Waals surface area contributed by atoms with Gasteiger partial charge in [0.25, 0.3) is 0 Å². The first kappa shape index (κ1) is 22.8. The van der Waals surface area contributed by atoms with Crippen molar-refractivity contribution in [3.63, 3.8) is 0 Å². The Labute approximate surface area is 188 Å². The number of carbonyl (C=O) groups excluding carboxylic acids is 1. The molecule has 7 heteroatoms. The Balaban J connectivity index is 1.55. The van der Waals surface area contributed by atoms with E-state index in [2.05, 4.69) is 29.1 Å². The van der Waals surface area contributed by atoms with Crippen LogP contribution in [0.25, 0.3) is 11.1 Å². The summed E-state index contributed by atoms with van der Waals surface area (Å²) in [6.07, 6.45) is 3.50. The van der Waals surface area contributed by atoms with Crippen LogP contribution in [0.1, 0.15) is 24.2 Å². The summed E-state index contributed by atoms with van der Waals surface area (Å²) in [5.41, 5.74) is 3.21. The number of esters is 1. The van der Waals surface area contributed by atoms with Crippen LogP contribution in [0, 0.1) is 0 Å². The van der Waals surface area contributed by atoms with E-state index in [0.29, 0.717) is 11.5 Å². The number of methoxy groups -OCH3 is 1. The summed E-state index contributed by atoms with van der Waals surface area (Å²) in [6, 6.07) is 15.0. The molecular weight excluding hydrogens is 453 g/mol. The monoisotopic (exact) mass is 481 g/mol. The van der Waals surface area contributed by atoms with Gasteiger partial charge in [0, 0.05) is 0 Å². The van der Waals surface area contributed by atoms with Crippen LogP contribution in [0.2, 0.25) is 15.6 Å². The summed E-state index contributed by atoms with van der Waals surface area (Å²) in [6.45, 7) is 5.39. The van der Waals surface area contributed by atoms with Crippen molar-refractivity contribution in [3.8, 4) is 16.9 Å². The van der Waals surface area contributed by atoms with E-state index in [0.717, 1.165) is 29.2 Å². The van der Waals surface area contributed by atoms with Crippen LogP contribution in [0.15, 0.2) is 60.9 Å². The first-order valence-electron chi connectivity index (χ1n) is 10.4. The average molecular weight is 481 g/mol. The molecule has 0 aliphatic heterocycles. The Morgan fingerprint density at radius 1 is 0.935 bits per heavy atom. The van der Waals surface area contributed by atoms with Gasteiger partial charge in [-0.2, -0.15) is 0 Å². The summed E-state index contributed by atoms with van der Waals surface area (Å²) >= 11 is -0.667. The second kappa shape index (κ2) is 11.5. The molecule has 1 N–H and O–H groups in total. The third-order valence-corrected chi connectivity index (χ3v) is 10.4. The van der Waals surface area contributed by atoms with Gasteiger partial charge < -0.3 is 4.74 Å². The van der Waals surface area contributed by atoms with Gasteiger partial charge in [-0.1, -0.05) is 12.1 Å². The van der Waals surface area contributed by atoms with E-state index >= 15 is 0 Å². The molecule has 3 rings (SSSR count). The minimum absolute atomic E-state index is 0.355. The van der Waals surface area contributed by atoms with Crippen LogP contribution in [0.5, 0.6) is 5.75 Å². The van der Waals surface area contributed by atoms with Gasteiger partial charge in [0.2, 0.25) is 0 Å². The van der Waals surface area contributed by atoms with Crippen molar-refractivity contribution in [1.29, 1.82) is 0 Å². The molecule has 3 aromatic rings. The van der Waals surface area contributed by atoms with Gasteiger partial charge in [-0.25, -0.2) is 4.79 Å². The molecule has 31 heavy (non-hydrogen) atoms. The first-order chi connectivity index (χ1) is 15.1. The second-order valence-corrected chi connectivity index (χ2v) is 13.3. The minimum atomic E-state index is -0.667. The van der Waals surface area contributed by atoms with Crippen LogP contribution >= 0.6 is 0 Å². The van der Waals surface area contributed by atoms with E-state index in [9.17, 15) is 4.79 Å². The van der Waals surface area contributed by atoms with Gasteiger partial charge in [-0.15, -0.1) is 0 Å². The number of aromatic nitrogens is 2. The standard InChI is InChI=1S/C24H28AsN3O3/c1-4-25(5-2)14-15-31-22-12-10-21(11-13-22)28-24-26-16-20(17-27-24)18-6-8-19(9-7-18)23(29)30-3/h6-13,16-17H,4-5,14-15H2,1-3H3,(H,26,27,28). The second-order valence-electron chi connectivity index (χ2n) is 6.89. The van der Waals surface area contributed by atoms with E-state index in [1.165, 1.54) is 22.7 Å². The molecular formula is C24H28AsN3O3. The first-order valence-corrected chi connectivity index (χ1v) is 14.3. The van der Waals surface area contributed by atoms with Crippen LogP contribution in [-0.2, 0) is 4.74 Å². The number of hydrogen-bond acceptors (Lipinski definition) is 6. The average Bonchev–Trinajstić information content (AvgIpc) is 2.83. The molecule has 0 fully saturated rings. The zero-order chi connectivity index (χ0) is 22.1. The molecule has 0 aliphatic rings. The van der Waals surface area contributed by atoms with E-state index in [-0.39, 0.29) is 5.97 Å². The van der Waals surface area contributed by atoms with Gasteiger partial charge >= 0.3 is 136 Å². The van der Waals surface area contributed by atoms with Gasteiger partial charge in [0.1, 0.15) is 0 Å². The van der Waals surface area contributed by atoms with Gasteiger partial charge in [-0.3, -0.25) is 0 Å². The van der Waals surface area contributed by atoms with Crippen molar-refractivity contribution in [2.75, 3.05) is 19.0 Å². The number of ether oxygens (including phenoxy) is 2. The van der Waals surface area contributed by atoms with Crippen LogP contribution in [-0.4, -0.2) is 44.3 Å². The number of hydrogen-bond donors (Lipinski definition) is 1. The summed E-state index contributed by atoms with van der Waals surface area (Å²) in [7, 11) is 1.37. The van der Waals surface area contributed by atoms with Crippen LogP contribution < -0.4 is 10.1 Å². The fourth-order valence-electron chi connectivity index (χ4n) is 3.05. The molecule has 0 atom stereocenters. The molecule has 2 aromatic carbocycles. The van der Waals surface area contributed by atoms with Gasteiger partial charge in [0.15, 0.2) is 0 Å². The molecule has 0 unspecified atom stereocenters. The molecule has 162 valence electrons. The molecule has 6 nitrogen and oxygen atoms in total. The SMILES string of the molecule is CC[As](CC)CCOc1ccc(Nc2ncc(-c3ccc(C(=O)OC)cc3)cn2)cc1. The molecule has 1 aromatic heterocycles. The summed E-state index contributed by atoms with van der Waals surface area (Å²) in [5.74, 6) is 1.05. The Bertz CT molecular complexity index is 957. The number of carbonyl (C=O) groups is 1. The molecule has 0 amide bonds. The molecule has 0 aliphatic carbocycles. The van der Waals surface area contributed by atoms with E-state index < -0.39 is 14.7 Å². The fourth-order valence-corrected chi connectivity index (χ4v) is 6.05. The maximum absolute atomic E-state index is 11.5. The van der Waals surface area contributed by atoms with Crippen molar-refractivity contribution in [3.05, 3.63) is 66.5 Å². The molecule has 0 saturated carbocycles. The Kier molecular flexibility index (Phi) is 8.48. The quantitative estimate of drug-likeness (QED) is 0.301. The third kappa shape index (κ3) is 6.56. The van der Waals surface area contributed by atoms with Crippen molar-refractivity contribution in [2.24, 2.45) is 0 Å². The Morgan fingerprint density at radius 2 is 1.58 bits per heavy atom. The normalized spacial score (nSPS) is 10.7. The number of anilines is 2. The Morgan fingerprint density at radius 3 is 2.16 bits per heavy atom. The van der Waals surface area contributed by atoms with Gasteiger partial charge in [0.05, 0.1) is 12.7 Å². The summed E-state index contributed by atoms with van der Waals surface area (Å²) in [4.78, 5) is 20.3. The number of nitrogens with zero attached hydrogens (tertiary/aromatic N) is 2. The fraction of sp³-hybridized carbons (Fsp3) is 0.292. The molecule has 0 spiro atoms. The summed E-state index contributed by atoms with van der Waals surface area (Å²) < 4.78 is 10.6. The molecule has 0 saturated heterocycles. The predicted molar refractivity (Wildman–Crippen MR) is 126 cm³/mol. The van der Waals surface area contributed by atoms with E-state index in [4.69, 9.17) is 9.47 Å². The maximum atomic E-state index is 11.5. The number of rotatable bonds is 10. The topological polar surface area (TPSA) is 73.3 Å². The number of nitrogens with one attached hydrogen (secondary N) is 1. The zero-order valence-corrected chi connectivity index (χ0v) is 20.0. The number of benzene rings is 2. The molecule has 0 bridgehead atoms. The van der Waals surface area contributed by atoms with E-state index in [1.54, 1.807) is 24.5 Å². The zero-order valence-electron chi connectivity index (χ0n) is 18.2. The van der Waals surface area contributed by atoms with Crippen molar-refractivity contribution >= 4 is 32.3 Å². The van der Waals surface area contributed by atoms with E-state index in [1.807, 2.05) is 36.4 Å². The molecule has 1 heterocycles. The van der Waals surface area contributed by atoms with Crippen molar-refractivity contribution < 1.29 is 14.3 Å². The van der Waals surface area contributed by atoms with Gasteiger partial charge in [-0.05, 0) is 17.7 Å². The predicted octanol–water partition coefficient (Wildman–Crippen LogP) is 5.59. The Hall–Kier alpha value is -2.85. The van der Waals surface area contributed by atoms with Crippen LogP contribution in [0.4, 0.5) is 11.6 Å².